The van der Waals surface area contributed by atoms with Crippen LogP contribution in [0, 0.1) is 0 Å². The number of hydrogen-bond acceptors (Lipinski definition) is 5. The number of likely N-dealkylation sites (tertiary alicyclic amines) is 1. The minimum Gasteiger partial charge on any atom is -0.456 e. The highest BCUT2D eigenvalue weighted by Crippen LogP contribution is 2.46. The van der Waals surface area contributed by atoms with Gasteiger partial charge in [0.05, 0.1) is 5.56 Å². The number of rotatable bonds is 8. The Bertz CT molecular complexity index is 1240. The molecule has 1 saturated heterocycles. The number of ether oxygens (including phenoxy) is 1. The third-order valence-corrected chi connectivity index (χ3v) is 8.86. The van der Waals surface area contributed by atoms with Crippen molar-refractivity contribution < 1.29 is 13.9 Å². The molecule has 1 aliphatic carbocycles. The van der Waals surface area contributed by atoms with Gasteiger partial charge >= 0.3 is 5.97 Å². The summed E-state index contributed by atoms with van der Waals surface area (Å²) >= 11 is 7.84. The molecule has 1 aromatic heterocycles. The van der Waals surface area contributed by atoms with Gasteiger partial charge in [0.25, 0.3) is 0 Å². The molecule has 2 aliphatic rings. The normalized spacial score (nSPS) is 21.3. The smallest absolute Gasteiger partial charge is 0.338 e. The van der Waals surface area contributed by atoms with Crippen molar-refractivity contribution in [2.24, 2.45) is 0 Å². The molecular weight excluding hydrogens is 519 g/mol. The number of thiophene rings is 1. The largest absolute Gasteiger partial charge is 0.456 e. The molecule has 38 heavy (non-hydrogen) atoms. The second-order valence-corrected chi connectivity index (χ2v) is 13.2. The van der Waals surface area contributed by atoms with Crippen LogP contribution in [-0.4, -0.2) is 47.8 Å². The first-order valence-electron chi connectivity index (χ1n) is 13.4. The Morgan fingerprint density at radius 2 is 1.76 bits per heavy atom. The van der Waals surface area contributed by atoms with Gasteiger partial charge in [-0.2, -0.15) is 0 Å². The molecule has 3 aromatic rings. The number of alkyl halides is 1. The summed E-state index contributed by atoms with van der Waals surface area (Å²) in [6.07, 6.45) is 2.14. The van der Waals surface area contributed by atoms with Gasteiger partial charge in [0, 0.05) is 52.9 Å². The summed E-state index contributed by atoms with van der Waals surface area (Å²) in [6, 6.07) is 20.3. The van der Waals surface area contributed by atoms with Gasteiger partial charge in [0.2, 0.25) is 0 Å². The number of nitrogens with zero attached hydrogens (tertiary/aromatic N) is 1. The monoisotopic (exact) mass is 554 g/mol. The first-order chi connectivity index (χ1) is 18.1. The van der Waals surface area contributed by atoms with Crippen molar-refractivity contribution in [3.63, 3.8) is 0 Å². The third kappa shape index (κ3) is 7.03. The van der Waals surface area contributed by atoms with E-state index in [4.69, 9.17) is 16.3 Å². The molecule has 2 atom stereocenters. The fraction of sp³-hybridized carbons (Fsp3) is 0.452. The van der Waals surface area contributed by atoms with Crippen LogP contribution < -0.4 is 5.32 Å². The third-order valence-electron chi connectivity index (χ3n) is 7.34. The Morgan fingerprint density at radius 3 is 2.42 bits per heavy atom. The summed E-state index contributed by atoms with van der Waals surface area (Å²) in [5, 5.41) is 4.27. The van der Waals surface area contributed by atoms with Crippen LogP contribution in [0.3, 0.4) is 0 Å². The van der Waals surface area contributed by atoms with Crippen molar-refractivity contribution in [1.29, 1.82) is 0 Å². The van der Waals surface area contributed by atoms with Gasteiger partial charge in [0.15, 0.2) is 0 Å². The molecule has 2 unspecified atom stereocenters. The minimum atomic E-state index is -1.16. The van der Waals surface area contributed by atoms with Gasteiger partial charge in [-0.1, -0.05) is 35.9 Å². The molecule has 5 rings (SSSR count). The van der Waals surface area contributed by atoms with E-state index in [1.54, 1.807) is 0 Å². The van der Waals surface area contributed by atoms with Crippen LogP contribution in [0.15, 0.2) is 60.7 Å². The summed E-state index contributed by atoms with van der Waals surface area (Å²) in [5.41, 5.74) is 1.19. The summed E-state index contributed by atoms with van der Waals surface area (Å²) in [5.74, 6) is 0.170. The van der Waals surface area contributed by atoms with Crippen LogP contribution in [0.1, 0.15) is 66.8 Å². The highest BCUT2D eigenvalue weighted by molar-refractivity contribution is 7.15. The van der Waals surface area contributed by atoms with Gasteiger partial charge in [-0.3, -0.25) is 4.90 Å². The van der Waals surface area contributed by atoms with Crippen molar-refractivity contribution in [2.75, 3.05) is 19.6 Å². The molecule has 1 N–H and O–H groups in total. The van der Waals surface area contributed by atoms with Crippen LogP contribution in [0.25, 0.3) is 10.4 Å². The molecule has 0 amide bonds. The number of nitrogens with one attached hydrogen (secondary N) is 1. The number of halogens is 2. The second kappa shape index (κ2) is 11.1. The van der Waals surface area contributed by atoms with E-state index in [-0.39, 0.29) is 5.97 Å². The topological polar surface area (TPSA) is 41.6 Å². The zero-order valence-electron chi connectivity index (χ0n) is 22.3. The number of piperidine rings is 1. The van der Waals surface area contributed by atoms with Crippen molar-refractivity contribution in [1.82, 2.24) is 10.2 Å². The zero-order chi connectivity index (χ0) is 26.9. The SMILES string of the molecule is CC(C)(C)OC(=O)c1ccc(CN2CCC(F)(CNC3CC3c3ccc(-c4ccc(Cl)cc4)s3)CC2)cc1. The predicted molar refractivity (Wildman–Crippen MR) is 154 cm³/mol. The van der Waals surface area contributed by atoms with E-state index >= 15 is 4.39 Å². The van der Waals surface area contributed by atoms with Crippen LogP contribution in [0.2, 0.25) is 5.02 Å². The van der Waals surface area contributed by atoms with Crippen LogP contribution in [0.4, 0.5) is 4.39 Å². The van der Waals surface area contributed by atoms with Crippen LogP contribution >= 0.6 is 22.9 Å². The maximum absolute atomic E-state index is 15.6. The van der Waals surface area contributed by atoms with Gasteiger partial charge in [-0.15, -0.1) is 11.3 Å². The van der Waals surface area contributed by atoms with Gasteiger partial charge in [0.1, 0.15) is 11.3 Å². The molecule has 1 aliphatic heterocycles. The number of hydrogen-bond donors (Lipinski definition) is 1. The molecule has 0 bridgehead atoms. The number of benzene rings is 2. The van der Waals surface area contributed by atoms with E-state index in [9.17, 15) is 4.79 Å². The van der Waals surface area contributed by atoms with Crippen molar-refractivity contribution in [2.45, 2.75) is 69.8 Å². The van der Waals surface area contributed by atoms with Gasteiger partial charge < -0.3 is 10.1 Å². The molecule has 202 valence electrons. The first kappa shape index (κ1) is 27.3. The Labute approximate surface area is 234 Å². The first-order valence-corrected chi connectivity index (χ1v) is 14.6. The van der Waals surface area contributed by atoms with Gasteiger partial charge in [-0.05, 0) is 87.6 Å². The maximum Gasteiger partial charge on any atom is 0.338 e. The standard InChI is InChI=1S/C31H36ClFN2O2S/c1-30(2,3)37-29(36)23-6-4-21(5-7-23)19-35-16-14-31(33,15-17-35)20-34-26-18-25(26)28-13-12-27(38-28)22-8-10-24(32)11-9-22/h4-13,25-26,34H,14-20H2,1-3H3. The quantitative estimate of drug-likeness (QED) is 0.293. The van der Waals surface area contributed by atoms with E-state index in [2.05, 4.69) is 34.5 Å². The van der Waals surface area contributed by atoms with Crippen LogP contribution in [-0.2, 0) is 11.3 Å². The number of carbonyl (C=O) groups is 1. The summed E-state index contributed by atoms with van der Waals surface area (Å²) in [6.45, 7) is 8.23. The highest BCUT2D eigenvalue weighted by atomic mass is 35.5. The second-order valence-electron chi connectivity index (χ2n) is 11.7. The number of esters is 1. The molecule has 2 aromatic carbocycles. The van der Waals surface area contributed by atoms with E-state index < -0.39 is 11.3 Å². The average Bonchev–Trinajstić information content (AvgIpc) is 3.49. The molecule has 4 nitrogen and oxygen atoms in total. The van der Waals surface area contributed by atoms with E-state index in [1.807, 2.05) is 68.5 Å². The van der Waals surface area contributed by atoms with E-state index in [0.29, 0.717) is 36.9 Å². The molecule has 0 radical (unpaired) electrons. The highest BCUT2D eigenvalue weighted by Gasteiger charge is 2.42. The number of carbonyl (C=O) groups excluding carboxylic acids is 1. The maximum atomic E-state index is 15.6. The lowest BCUT2D eigenvalue weighted by Gasteiger charge is -2.36. The molecule has 0 spiro atoms. The summed E-state index contributed by atoms with van der Waals surface area (Å²) < 4.78 is 21.0. The molecular formula is C31H36ClFN2O2S. The van der Waals surface area contributed by atoms with Crippen LogP contribution in [0.5, 0.6) is 0 Å². The molecule has 2 fully saturated rings. The molecule has 2 heterocycles. The average molecular weight is 555 g/mol. The minimum absolute atomic E-state index is 0.310. The van der Waals surface area contributed by atoms with E-state index in [0.717, 1.165) is 36.6 Å². The lowest BCUT2D eigenvalue weighted by Crippen LogP contribution is -2.47. The predicted octanol–water partition coefficient (Wildman–Crippen LogP) is 7.47. The summed E-state index contributed by atoms with van der Waals surface area (Å²) in [7, 11) is 0. The Balaban J connectivity index is 1.05. The van der Waals surface area contributed by atoms with Crippen molar-refractivity contribution >= 4 is 28.9 Å². The summed E-state index contributed by atoms with van der Waals surface area (Å²) in [4.78, 5) is 17.1. The fourth-order valence-electron chi connectivity index (χ4n) is 5.00. The molecule has 1 saturated carbocycles. The van der Waals surface area contributed by atoms with Crippen molar-refractivity contribution in [3.05, 3.63) is 81.7 Å². The van der Waals surface area contributed by atoms with Crippen molar-refractivity contribution in [3.8, 4) is 10.4 Å². The Morgan fingerprint density at radius 1 is 1.08 bits per heavy atom. The Hall–Kier alpha value is -2.25. The lowest BCUT2D eigenvalue weighted by atomic mass is 9.93. The lowest BCUT2D eigenvalue weighted by molar-refractivity contribution is 0.00693. The zero-order valence-corrected chi connectivity index (χ0v) is 23.9. The van der Waals surface area contributed by atoms with Gasteiger partial charge in [-0.25, -0.2) is 9.18 Å². The Kier molecular flexibility index (Phi) is 7.97. The van der Waals surface area contributed by atoms with E-state index in [1.165, 1.54) is 15.3 Å². The fourth-order valence-corrected chi connectivity index (χ4v) is 6.32. The molecule has 7 heteroatoms.